The Labute approximate surface area is 115 Å². The maximum atomic E-state index is 13.6. The lowest BCUT2D eigenvalue weighted by atomic mass is 10.1. The van der Waals surface area contributed by atoms with Crippen LogP contribution in [0, 0.1) is 12.7 Å². The minimum Gasteiger partial charge on any atom is -0.397 e. The van der Waals surface area contributed by atoms with Gasteiger partial charge in [0, 0.05) is 5.02 Å². The molecular weight excluding hydrogens is 267 g/mol. The second-order valence-corrected chi connectivity index (χ2v) is 4.61. The van der Waals surface area contributed by atoms with E-state index in [2.05, 4.69) is 5.32 Å². The van der Waals surface area contributed by atoms with Gasteiger partial charge in [-0.15, -0.1) is 0 Å². The largest absolute Gasteiger partial charge is 0.397 e. The summed E-state index contributed by atoms with van der Waals surface area (Å²) in [7, 11) is 0. The summed E-state index contributed by atoms with van der Waals surface area (Å²) in [6.07, 6.45) is 0. The Kier molecular flexibility index (Phi) is 3.71. The molecule has 0 aliphatic rings. The van der Waals surface area contributed by atoms with Crippen molar-refractivity contribution >= 4 is 28.9 Å². The van der Waals surface area contributed by atoms with E-state index in [0.717, 1.165) is 11.6 Å². The molecule has 0 aromatic heterocycles. The average molecular weight is 279 g/mol. The number of rotatable bonds is 2. The minimum absolute atomic E-state index is 0.0784. The van der Waals surface area contributed by atoms with Gasteiger partial charge in [-0.05, 0) is 42.8 Å². The third-order valence-corrected chi connectivity index (χ3v) is 2.87. The van der Waals surface area contributed by atoms with Crippen LogP contribution < -0.4 is 11.1 Å². The third kappa shape index (κ3) is 3.03. The lowest BCUT2D eigenvalue weighted by molar-refractivity contribution is 0.102. The van der Waals surface area contributed by atoms with Crippen LogP contribution in [-0.4, -0.2) is 5.91 Å². The van der Waals surface area contributed by atoms with Crippen molar-refractivity contribution in [1.82, 2.24) is 0 Å². The molecule has 0 saturated carbocycles. The number of hydrogen-bond acceptors (Lipinski definition) is 2. The molecule has 98 valence electrons. The second-order valence-electron chi connectivity index (χ2n) is 4.17. The summed E-state index contributed by atoms with van der Waals surface area (Å²) in [4.78, 5) is 12.0. The number of anilines is 2. The Balaban J connectivity index is 2.28. The number of halogens is 2. The zero-order valence-electron chi connectivity index (χ0n) is 10.2. The van der Waals surface area contributed by atoms with Crippen molar-refractivity contribution in [3.8, 4) is 0 Å². The first kappa shape index (κ1) is 13.4. The lowest BCUT2D eigenvalue weighted by Gasteiger charge is -2.09. The molecule has 0 saturated heterocycles. The van der Waals surface area contributed by atoms with E-state index >= 15 is 0 Å². The Morgan fingerprint density at radius 1 is 1.26 bits per heavy atom. The molecule has 2 aromatic carbocycles. The van der Waals surface area contributed by atoms with Crippen LogP contribution in [0.2, 0.25) is 5.02 Å². The van der Waals surface area contributed by atoms with Crippen molar-refractivity contribution in [1.29, 1.82) is 0 Å². The molecule has 0 bridgehead atoms. The molecule has 2 rings (SSSR count). The first-order valence-corrected chi connectivity index (χ1v) is 5.97. The van der Waals surface area contributed by atoms with E-state index in [9.17, 15) is 9.18 Å². The molecule has 0 atom stereocenters. The maximum Gasteiger partial charge on any atom is 0.258 e. The number of nitrogens with one attached hydrogen (secondary N) is 1. The van der Waals surface area contributed by atoms with E-state index in [-0.39, 0.29) is 10.6 Å². The van der Waals surface area contributed by atoms with Crippen molar-refractivity contribution in [2.75, 3.05) is 11.1 Å². The van der Waals surface area contributed by atoms with Crippen LogP contribution in [0.15, 0.2) is 36.4 Å². The number of benzene rings is 2. The van der Waals surface area contributed by atoms with Gasteiger partial charge in [-0.25, -0.2) is 4.39 Å². The van der Waals surface area contributed by atoms with Crippen LogP contribution >= 0.6 is 11.6 Å². The highest BCUT2D eigenvalue weighted by Crippen LogP contribution is 2.21. The second kappa shape index (κ2) is 5.28. The molecule has 5 heteroatoms. The van der Waals surface area contributed by atoms with Crippen LogP contribution in [-0.2, 0) is 0 Å². The standard InChI is InChI=1S/C14H12ClFN2O/c1-8-2-5-12(17)13(6-8)18-14(19)10-4-3-9(15)7-11(10)16/h2-7H,17H2,1H3,(H,18,19). The highest BCUT2D eigenvalue weighted by atomic mass is 35.5. The molecule has 0 heterocycles. The van der Waals surface area contributed by atoms with Crippen LogP contribution in [0.25, 0.3) is 0 Å². The zero-order valence-corrected chi connectivity index (χ0v) is 11.0. The van der Waals surface area contributed by atoms with E-state index in [0.29, 0.717) is 11.4 Å². The Bertz CT molecular complexity index is 643. The fraction of sp³-hybridized carbons (Fsp3) is 0.0714. The van der Waals surface area contributed by atoms with Crippen molar-refractivity contribution in [2.45, 2.75) is 6.92 Å². The zero-order chi connectivity index (χ0) is 14.0. The van der Waals surface area contributed by atoms with Crippen LogP contribution in [0.1, 0.15) is 15.9 Å². The Hall–Kier alpha value is -2.07. The Morgan fingerprint density at radius 2 is 2.00 bits per heavy atom. The van der Waals surface area contributed by atoms with Crippen molar-refractivity contribution in [3.63, 3.8) is 0 Å². The molecule has 3 nitrogen and oxygen atoms in total. The summed E-state index contributed by atoms with van der Waals surface area (Å²) in [5.74, 6) is -1.23. The molecule has 0 spiro atoms. The van der Waals surface area contributed by atoms with Crippen molar-refractivity contribution in [2.24, 2.45) is 0 Å². The quantitative estimate of drug-likeness (QED) is 0.824. The third-order valence-electron chi connectivity index (χ3n) is 2.63. The molecule has 0 aliphatic heterocycles. The predicted molar refractivity (Wildman–Crippen MR) is 75.0 cm³/mol. The van der Waals surface area contributed by atoms with Crippen LogP contribution in [0.3, 0.4) is 0 Å². The van der Waals surface area contributed by atoms with Gasteiger partial charge in [0.05, 0.1) is 16.9 Å². The number of amides is 1. The molecule has 0 fully saturated rings. The van der Waals surface area contributed by atoms with Gasteiger partial charge < -0.3 is 11.1 Å². The predicted octanol–water partition coefficient (Wildman–Crippen LogP) is 3.62. The van der Waals surface area contributed by atoms with Crippen LogP contribution in [0.4, 0.5) is 15.8 Å². The molecule has 0 unspecified atom stereocenters. The molecule has 0 radical (unpaired) electrons. The van der Waals surface area contributed by atoms with Gasteiger partial charge in [-0.1, -0.05) is 17.7 Å². The number of aryl methyl sites for hydroxylation is 1. The van der Waals surface area contributed by atoms with Crippen molar-refractivity contribution in [3.05, 3.63) is 58.4 Å². The lowest BCUT2D eigenvalue weighted by Crippen LogP contribution is -2.15. The van der Waals surface area contributed by atoms with Gasteiger partial charge in [-0.3, -0.25) is 4.79 Å². The van der Waals surface area contributed by atoms with E-state index in [4.69, 9.17) is 17.3 Å². The topological polar surface area (TPSA) is 55.1 Å². The van der Waals surface area contributed by atoms with Gasteiger partial charge in [0.1, 0.15) is 5.82 Å². The molecular formula is C14H12ClFN2O. The average Bonchev–Trinajstić information content (AvgIpc) is 2.33. The molecule has 1 amide bonds. The van der Waals surface area contributed by atoms with Crippen LogP contribution in [0.5, 0.6) is 0 Å². The summed E-state index contributed by atoms with van der Waals surface area (Å²) < 4.78 is 13.6. The van der Waals surface area contributed by atoms with Gasteiger partial charge >= 0.3 is 0 Å². The number of hydrogen-bond donors (Lipinski definition) is 2. The van der Waals surface area contributed by atoms with Gasteiger partial charge in [0.2, 0.25) is 0 Å². The summed E-state index contributed by atoms with van der Waals surface area (Å²) in [5.41, 5.74) is 7.50. The fourth-order valence-electron chi connectivity index (χ4n) is 1.64. The summed E-state index contributed by atoms with van der Waals surface area (Å²) in [6.45, 7) is 1.87. The molecule has 2 aromatic rings. The SMILES string of the molecule is Cc1ccc(N)c(NC(=O)c2ccc(Cl)cc2F)c1. The fourth-order valence-corrected chi connectivity index (χ4v) is 1.80. The van der Waals surface area contributed by atoms with Gasteiger partial charge in [0.25, 0.3) is 5.91 Å². The summed E-state index contributed by atoms with van der Waals surface area (Å²) in [5, 5.41) is 2.82. The first-order chi connectivity index (χ1) is 8.97. The van der Waals surface area contributed by atoms with Crippen molar-refractivity contribution < 1.29 is 9.18 Å². The monoisotopic (exact) mass is 278 g/mol. The normalized spacial score (nSPS) is 10.3. The number of carbonyl (C=O) groups excluding carboxylic acids is 1. The van der Waals surface area contributed by atoms with Gasteiger partial charge in [-0.2, -0.15) is 0 Å². The van der Waals surface area contributed by atoms with E-state index in [1.165, 1.54) is 12.1 Å². The van der Waals surface area contributed by atoms with Gasteiger partial charge in [0.15, 0.2) is 0 Å². The molecule has 3 N–H and O–H groups in total. The Morgan fingerprint density at radius 3 is 2.68 bits per heavy atom. The molecule has 19 heavy (non-hydrogen) atoms. The highest BCUT2D eigenvalue weighted by Gasteiger charge is 2.13. The number of nitrogens with two attached hydrogens (primary N) is 1. The van der Waals surface area contributed by atoms with E-state index < -0.39 is 11.7 Å². The minimum atomic E-state index is -0.670. The number of carbonyl (C=O) groups is 1. The summed E-state index contributed by atoms with van der Waals surface area (Å²) in [6, 6.07) is 9.12. The van der Waals surface area contributed by atoms with E-state index in [1.807, 2.05) is 13.0 Å². The molecule has 0 aliphatic carbocycles. The number of nitrogen functional groups attached to an aromatic ring is 1. The highest BCUT2D eigenvalue weighted by molar-refractivity contribution is 6.30. The smallest absolute Gasteiger partial charge is 0.258 e. The summed E-state index contributed by atoms with van der Waals surface area (Å²) >= 11 is 5.64. The maximum absolute atomic E-state index is 13.6. The van der Waals surface area contributed by atoms with E-state index in [1.54, 1.807) is 12.1 Å². The first-order valence-electron chi connectivity index (χ1n) is 5.60.